The molecule has 1 heterocycles. The summed E-state index contributed by atoms with van der Waals surface area (Å²) >= 11 is 6.90. The molecule has 0 atom stereocenters. The molecule has 0 N–H and O–H groups in total. The van der Waals surface area contributed by atoms with Crippen LogP contribution in [0.4, 0.5) is 10.5 Å². The lowest BCUT2D eigenvalue weighted by Gasteiger charge is -2.12. The first kappa shape index (κ1) is 16.8. The van der Waals surface area contributed by atoms with Crippen LogP contribution in [0.25, 0.3) is 6.08 Å². The Labute approximate surface area is 150 Å². The molecular weight excluding hydrogens is 342 g/mol. The average Bonchev–Trinajstić information content (AvgIpc) is 2.82. The van der Waals surface area contributed by atoms with Gasteiger partial charge in [-0.3, -0.25) is 9.59 Å². The third-order valence-corrected chi connectivity index (χ3v) is 4.87. The van der Waals surface area contributed by atoms with E-state index in [4.69, 9.17) is 11.6 Å². The highest BCUT2D eigenvalue weighted by Crippen LogP contribution is 2.36. The third-order valence-electron chi connectivity index (χ3n) is 3.76. The van der Waals surface area contributed by atoms with E-state index in [2.05, 4.69) is 13.8 Å². The largest absolute Gasteiger partial charge is 0.298 e. The number of imide groups is 1. The number of benzene rings is 2. The molecule has 1 saturated heterocycles. The fourth-order valence-corrected chi connectivity index (χ4v) is 3.46. The van der Waals surface area contributed by atoms with Gasteiger partial charge in [0.25, 0.3) is 11.1 Å². The van der Waals surface area contributed by atoms with Crippen molar-refractivity contribution in [3.8, 4) is 0 Å². The molecule has 2 amide bonds. The van der Waals surface area contributed by atoms with E-state index in [1.165, 1.54) is 5.56 Å². The minimum absolute atomic E-state index is 0.313. The standard InChI is InChI=1S/C19H16ClNO2S/c1-12(2)14-8-6-13(7-9-14)10-17-18(22)21(19(23)24-17)16-5-3-4-15(20)11-16/h3-12H,1-2H3/b17-10+. The molecule has 0 unspecified atom stereocenters. The van der Waals surface area contributed by atoms with Crippen LogP contribution in [0.15, 0.2) is 53.4 Å². The van der Waals surface area contributed by atoms with Gasteiger partial charge < -0.3 is 0 Å². The summed E-state index contributed by atoms with van der Waals surface area (Å²) in [5.74, 6) is 0.134. The van der Waals surface area contributed by atoms with Gasteiger partial charge in [0.05, 0.1) is 10.6 Å². The molecule has 122 valence electrons. The summed E-state index contributed by atoms with van der Waals surface area (Å²) < 4.78 is 0. The predicted octanol–water partition coefficient (Wildman–Crippen LogP) is 5.70. The number of amides is 2. The van der Waals surface area contributed by atoms with Crippen molar-refractivity contribution in [3.05, 3.63) is 69.6 Å². The number of halogens is 1. The van der Waals surface area contributed by atoms with Gasteiger partial charge in [0.15, 0.2) is 0 Å². The summed E-state index contributed by atoms with van der Waals surface area (Å²) in [6.07, 6.45) is 1.75. The molecule has 24 heavy (non-hydrogen) atoms. The van der Waals surface area contributed by atoms with E-state index in [1.54, 1.807) is 30.3 Å². The molecule has 2 aromatic carbocycles. The molecule has 0 aromatic heterocycles. The molecule has 3 rings (SSSR count). The second-order valence-electron chi connectivity index (χ2n) is 5.82. The van der Waals surface area contributed by atoms with Crippen LogP contribution in [0, 0.1) is 0 Å². The van der Waals surface area contributed by atoms with E-state index in [1.807, 2.05) is 24.3 Å². The molecule has 1 aliphatic rings. The van der Waals surface area contributed by atoms with Crippen LogP contribution >= 0.6 is 23.4 Å². The van der Waals surface area contributed by atoms with Crippen molar-refractivity contribution >= 4 is 46.3 Å². The molecule has 2 aromatic rings. The van der Waals surface area contributed by atoms with Gasteiger partial charge in [-0.05, 0) is 53.1 Å². The lowest BCUT2D eigenvalue weighted by molar-refractivity contribution is -0.113. The quantitative estimate of drug-likeness (QED) is 0.661. The lowest BCUT2D eigenvalue weighted by Crippen LogP contribution is -2.27. The van der Waals surface area contributed by atoms with Crippen molar-refractivity contribution in [3.63, 3.8) is 0 Å². The SMILES string of the molecule is CC(C)c1ccc(/C=C2/SC(=O)N(c3cccc(Cl)c3)C2=O)cc1. The van der Waals surface area contributed by atoms with Crippen molar-refractivity contribution in [1.29, 1.82) is 0 Å². The highest BCUT2D eigenvalue weighted by Gasteiger charge is 2.36. The maximum atomic E-state index is 12.6. The van der Waals surface area contributed by atoms with E-state index in [9.17, 15) is 9.59 Å². The van der Waals surface area contributed by atoms with Crippen LogP contribution in [0.5, 0.6) is 0 Å². The Morgan fingerprint density at radius 1 is 1.08 bits per heavy atom. The Kier molecular flexibility index (Phi) is 4.78. The smallest absolute Gasteiger partial charge is 0.268 e. The fraction of sp³-hybridized carbons (Fsp3) is 0.158. The maximum absolute atomic E-state index is 12.6. The Hall–Kier alpha value is -2.04. The first-order chi connectivity index (χ1) is 11.5. The van der Waals surface area contributed by atoms with Gasteiger partial charge >= 0.3 is 0 Å². The first-order valence-electron chi connectivity index (χ1n) is 7.59. The Bertz CT molecular complexity index is 828. The van der Waals surface area contributed by atoms with Crippen LogP contribution in [0.2, 0.25) is 5.02 Å². The van der Waals surface area contributed by atoms with Crippen LogP contribution in [-0.4, -0.2) is 11.1 Å². The number of hydrogen-bond acceptors (Lipinski definition) is 3. The first-order valence-corrected chi connectivity index (χ1v) is 8.78. The zero-order chi connectivity index (χ0) is 17.3. The summed E-state index contributed by atoms with van der Waals surface area (Å²) in [4.78, 5) is 26.4. The van der Waals surface area contributed by atoms with Crippen molar-refractivity contribution < 1.29 is 9.59 Å². The predicted molar refractivity (Wildman–Crippen MR) is 100 cm³/mol. The molecule has 1 fully saturated rings. The Morgan fingerprint density at radius 2 is 1.79 bits per heavy atom. The lowest BCUT2D eigenvalue weighted by atomic mass is 10.0. The van der Waals surface area contributed by atoms with E-state index in [0.29, 0.717) is 21.5 Å². The molecule has 0 aliphatic carbocycles. The van der Waals surface area contributed by atoms with Gasteiger partial charge in [-0.15, -0.1) is 0 Å². The second-order valence-corrected chi connectivity index (χ2v) is 7.25. The van der Waals surface area contributed by atoms with Crippen LogP contribution < -0.4 is 4.90 Å². The van der Waals surface area contributed by atoms with Crippen LogP contribution in [0.1, 0.15) is 30.9 Å². The highest BCUT2D eigenvalue weighted by atomic mass is 35.5. The summed E-state index contributed by atoms with van der Waals surface area (Å²) in [7, 11) is 0. The summed E-state index contributed by atoms with van der Waals surface area (Å²) in [5.41, 5.74) is 2.62. The van der Waals surface area contributed by atoms with Crippen LogP contribution in [-0.2, 0) is 4.79 Å². The fourth-order valence-electron chi connectivity index (χ4n) is 2.43. The number of rotatable bonds is 3. The zero-order valence-corrected chi connectivity index (χ0v) is 14.9. The summed E-state index contributed by atoms with van der Waals surface area (Å²) in [5, 5.41) is 0.173. The van der Waals surface area contributed by atoms with Gasteiger partial charge in [-0.25, -0.2) is 4.90 Å². The Balaban J connectivity index is 1.88. The number of carbonyl (C=O) groups is 2. The van der Waals surface area contributed by atoms with Gasteiger partial charge in [-0.1, -0.05) is 55.8 Å². The van der Waals surface area contributed by atoms with Crippen molar-refractivity contribution in [2.24, 2.45) is 0 Å². The van der Waals surface area contributed by atoms with Crippen molar-refractivity contribution in [2.45, 2.75) is 19.8 Å². The molecule has 3 nitrogen and oxygen atoms in total. The number of nitrogens with zero attached hydrogens (tertiary/aromatic N) is 1. The minimum Gasteiger partial charge on any atom is -0.268 e. The van der Waals surface area contributed by atoms with Gasteiger partial charge in [0.1, 0.15) is 0 Å². The number of anilines is 1. The van der Waals surface area contributed by atoms with E-state index < -0.39 is 0 Å². The molecule has 0 bridgehead atoms. The topological polar surface area (TPSA) is 37.4 Å². The zero-order valence-electron chi connectivity index (χ0n) is 13.3. The highest BCUT2D eigenvalue weighted by molar-refractivity contribution is 8.19. The summed E-state index contributed by atoms with van der Waals surface area (Å²) in [6.45, 7) is 4.26. The number of hydrogen-bond donors (Lipinski definition) is 0. The Morgan fingerprint density at radius 3 is 2.42 bits per heavy atom. The van der Waals surface area contributed by atoms with Crippen molar-refractivity contribution in [1.82, 2.24) is 0 Å². The molecule has 0 spiro atoms. The van der Waals surface area contributed by atoms with Gasteiger partial charge in [-0.2, -0.15) is 0 Å². The van der Waals surface area contributed by atoms with E-state index in [-0.39, 0.29) is 11.1 Å². The molecule has 0 saturated carbocycles. The number of carbonyl (C=O) groups excluding carboxylic acids is 2. The third kappa shape index (κ3) is 3.40. The maximum Gasteiger partial charge on any atom is 0.298 e. The number of thioether (sulfide) groups is 1. The monoisotopic (exact) mass is 357 g/mol. The molecule has 0 radical (unpaired) electrons. The van der Waals surface area contributed by atoms with E-state index in [0.717, 1.165) is 22.2 Å². The normalized spacial score (nSPS) is 16.5. The average molecular weight is 358 g/mol. The van der Waals surface area contributed by atoms with E-state index >= 15 is 0 Å². The molecule has 5 heteroatoms. The second kappa shape index (κ2) is 6.83. The van der Waals surface area contributed by atoms with Crippen LogP contribution in [0.3, 0.4) is 0 Å². The van der Waals surface area contributed by atoms with Gasteiger partial charge in [0.2, 0.25) is 0 Å². The molecule has 1 aliphatic heterocycles. The van der Waals surface area contributed by atoms with Gasteiger partial charge in [0, 0.05) is 5.02 Å². The van der Waals surface area contributed by atoms with Crippen molar-refractivity contribution in [2.75, 3.05) is 4.90 Å². The molecular formula is C19H16ClNO2S. The summed E-state index contributed by atoms with van der Waals surface area (Å²) in [6, 6.07) is 14.7. The minimum atomic E-state index is -0.319.